The van der Waals surface area contributed by atoms with E-state index in [1.54, 1.807) is 37.3 Å². The van der Waals surface area contributed by atoms with E-state index in [2.05, 4.69) is 36.5 Å². The normalized spacial score (nSPS) is 11.3. The van der Waals surface area contributed by atoms with Gasteiger partial charge in [-0.25, -0.2) is 19.9 Å². The lowest BCUT2D eigenvalue weighted by Crippen LogP contribution is -2.31. The predicted molar refractivity (Wildman–Crippen MR) is 151 cm³/mol. The van der Waals surface area contributed by atoms with E-state index >= 15 is 0 Å². The van der Waals surface area contributed by atoms with Crippen molar-refractivity contribution in [3.8, 4) is 0 Å². The Hall–Kier alpha value is -5.50. The molecule has 0 aliphatic rings. The van der Waals surface area contributed by atoms with Gasteiger partial charge in [-0.3, -0.25) is 20.2 Å². The summed E-state index contributed by atoms with van der Waals surface area (Å²) in [6.07, 6.45) is 0. The van der Waals surface area contributed by atoms with Crippen LogP contribution >= 0.6 is 11.3 Å². The number of hydrogen-bond acceptors (Lipinski definition) is 10. The van der Waals surface area contributed by atoms with Crippen molar-refractivity contribution in [1.29, 1.82) is 0 Å². The van der Waals surface area contributed by atoms with Crippen LogP contribution in [0.25, 0.3) is 10.9 Å². The summed E-state index contributed by atoms with van der Waals surface area (Å²) in [4.78, 5) is 40.4. The number of aryl methyl sites for hydroxylation is 1. The summed E-state index contributed by atoms with van der Waals surface area (Å²) in [5.41, 5.74) is 7.46. The average Bonchev–Trinajstić information content (AvgIpc) is 3.41. The third kappa shape index (κ3) is 5.81. The van der Waals surface area contributed by atoms with E-state index in [1.165, 1.54) is 16.8 Å². The maximum Gasteiger partial charge on any atom is 0.341 e. The van der Waals surface area contributed by atoms with Crippen molar-refractivity contribution in [1.82, 2.24) is 25.3 Å². The molecule has 0 bridgehead atoms. The van der Waals surface area contributed by atoms with E-state index in [4.69, 9.17) is 0 Å². The molecule has 3 N–H and O–H groups in total. The van der Waals surface area contributed by atoms with Crippen LogP contribution in [-0.2, 0) is 6.54 Å². The molecule has 5 aromatic rings. The van der Waals surface area contributed by atoms with Gasteiger partial charge in [0.15, 0.2) is 0 Å². The van der Waals surface area contributed by atoms with Gasteiger partial charge in [0.05, 0.1) is 28.1 Å². The Balaban J connectivity index is 1.26. The molecule has 2 heterocycles. The molecule has 2 aromatic heterocycles. The van der Waals surface area contributed by atoms with Crippen molar-refractivity contribution >= 4 is 44.8 Å². The largest absolute Gasteiger partial charge is 0.341 e. The summed E-state index contributed by atoms with van der Waals surface area (Å²) < 4.78 is 1.35. The number of non-ortho nitro benzene ring substituents is 1. The molecule has 2 amide bonds. The summed E-state index contributed by atoms with van der Waals surface area (Å²) in [6.45, 7) is 1.90. The van der Waals surface area contributed by atoms with Crippen LogP contribution in [0.3, 0.4) is 0 Å². The lowest BCUT2D eigenvalue weighted by atomic mass is 10.0. The Bertz CT molecular complexity index is 1780. The summed E-state index contributed by atoms with van der Waals surface area (Å²) in [7, 11) is 0. The second-order valence-corrected chi connectivity index (χ2v) is 9.41. The van der Waals surface area contributed by atoms with Crippen LogP contribution in [0.5, 0.6) is 0 Å². The van der Waals surface area contributed by atoms with E-state index in [-0.39, 0.29) is 22.9 Å². The van der Waals surface area contributed by atoms with Gasteiger partial charge in [-0.1, -0.05) is 53.8 Å². The summed E-state index contributed by atoms with van der Waals surface area (Å²) in [5, 5.41) is 27.1. The van der Waals surface area contributed by atoms with Gasteiger partial charge in [-0.15, -0.1) is 10.2 Å². The van der Waals surface area contributed by atoms with Gasteiger partial charge in [0.2, 0.25) is 5.13 Å². The molecule has 0 aliphatic carbocycles. The minimum absolute atomic E-state index is 0.0552. The first-order valence-corrected chi connectivity index (χ1v) is 12.7. The third-order valence-corrected chi connectivity index (χ3v) is 6.53. The number of nitro benzene ring substituents is 1. The molecule has 5 rings (SSSR count). The lowest BCUT2D eigenvalue weighted by molar-refractivity contribution is -0.384. The Morgan fingerprint density at radius 2 is 1.70 bits per heavy atom. The molecule has 0 aliphatic heterocycles. The number of fused-ring (bicyclic) bond motifs is 1. The first-order valence-electron chi connectivity index (χ1n) is 11.9. The van der Waals surface area contributed by atoms with Crippen LogP contribution in [0.15, 0.2) is 88.8 Å². The fourth-order valence-electron chi connectivity index (χ4n) is 3.82. The number of anilines is 1. The zero-order chi connectivity index (χ0) is 28.1. The molecule has 0 spiro atoms. The summed E-state index contributed by atoms with van der Waals surface area (Å²) >= 11 is 1.12. The van der Waals surface area contributed by atoms with Crippen LogP contribution in [0.2, 0.25) is 0 Å². The SMILES string of the molecule is Cc1nc2ccccc2c(=O)n1NCc1nnc(NC(=O)N/N=C(/c2ccccc2)c2ccc([N+](=O)[O-])cc2)s1. The van der Waals surface area contributed by atoms with Crippen LogP contribution in [0.4, 0.5) is 15.6 Å². The number of nitrogens with zero attached hydrogens (tertiary/aromatic N) is 6. The molecule has 0 saturated heterocycles. The number of nitrogens with one attached hydrogen (secondary N) is 3. The highest BCUT2D eigenvalue weighted by atomic mass is 32.1. The van der Waals surface area contributed by atoms with Crippen LogP contribution in [0.1, 0.15) is 22.0 Å². The van der Waals surface area contributed by atoms with Gasteiger partial charge < -0.3 is 5.43 Å². The fourth-order valence-corrected chi connectivity index (χ4v) is 4.48. The number of carbonyl (C=O) groups is 1. The molecule has 3 aromatic carbocycles. The highest BCUT2D eigenvalue weighted by molar-refractivity contribution is 7.15. The maximum atomic E-state index is 12.8. The predicted octanol–water partition coefficient (Wildman–Crippen LogP) is 3.78. The Labute approximate surface area is 230 Å². The number of hydrogen-bond donors (Lipinski definition) is 3. The van der Waals surface area contributed by atoms with Crippen molar-refractivity contribution in [2.24, 2.45) is 5.10 Å². The zero-order valence-electron chi connectivity index (χ0n) is 20.9. The molecule has 0 saturated carbocycles. The second-order valence-electron chi connectivity index (χ2n) is 8.35. The van der Waals surface area contributed by atoms with Gasteiger partial charge in [0.1, 0.15) is 10.8 Å². The quantitative estimate of drug-likeness (QED) is 0.148. The number of benzene rings is 3. The molecule has 0 atom stereocenters. The molecule has 0 fully saturated rings. The molecule has 0 radical (unpaired) electrons. The van der Waals surface area contributed by atoms with Crippen LogP contribution in [-0.4, -0.2) is 36.5 Å². The Kier molecular flexibility index (Phi) is 7.50. The smallest absolute Gasteiger partial charge is 0.315 e. The van der Waals surface area contributed by atoms with Gasteiger partial charge in [0.25, 0.3) is 11.2 Å². The highest BCUT2D eigenvalue weighted by Crippen LogP contribution is 2.17. The molecule has 200 valence electrons. The monoisotopic (exact) mass is 555 g/mol. The van der Waals surface area contributed by atoms with Crippen molar-refractivity contribution < 1.29 is 9.72 Å². The van der Waals surface area contributed by atoms with E-state index in [1.807, 2.05) is 36.4 Å². The van der Waals surface area contributed by atoms with E-state index in [9.17, 15) is 19.7 Å². The van der Waals surface area contributed by atoms with Crippen molar-refractivity contribution in [3.05, 3.63) is 121 Å². The second kappa shape index (κ2) is 11.5. The molecule has 40 heavy (non-hydrogen) atoms. The first-order chi connectivity index (χ1) is 19.4. The number of para-hydroxylation sites is 1. The molecular formula is C26H21N9O4S. The number of rotatable bonds is 8. The van der Waals surface area contributed by atoms with Crippen molar-refractivity contribution in [2.75, 3.05) is 10.7 Å². The van der Waals surface area contributed by atoms with Crippen LogP contribution < -0.4 is 21.7 Å². The highest BCUT2D eigenvalue weighted by Gasteiger charge is 2.13. The van der Waals surface area contributed by atoms with Crippen LogP contribution in [0, 0.1) is 17.0 Å². The fraction of sp³-hybridized carbons (Fsp3) is 0.0769. The topological polar surface area (TPSA) is 169 Å². The van der Waals surface area contributed by atoms with E-state index in [0.29, 0.717) is 38.6 Å². The number of aromatic nitrogens is 4. The van der Waals surface area contributed by atoms with E-state index in [0.717, 1.165) is 11.3 Å². The summed E-state index contributed by atoms with van der Waals surface area (Å²) in [6, 6.07) is 21.4. The lowest BCUT2D eigenvalue weighted by Gasteiger charge is -2.11. The van der Waals surface area contributed by atoms with Crippen molar-refractivity contribution in [3.63, 3.8) is 0 Å². The number of nitro groups is 1. The molecule has 0 unspecified atom stereocenters. The third-order valence-electron chi connectivity index (χ3n) is 5.69. The number of hydrazone groups is 1. The van der Waals surface area contributed by atoms with Gasteiger partial charge in [-0.05, 0) is 31.2 Å². The maximum absolute atomic E-state index is 12.8. The first kappa shape index (κ1) is 26.1. The average molecular weight is 556 g/mol. The Morgan fingerprint density at radius 1 is 1.00 bits per heavy atom. The molecular weight excluding hydrogens is 534 g/mol. The van der Waals surface area contributed by atoms with Gasteiger partial charge in [0, 0.05) is 23.3 Å². The molecule has 14 heteroatoms. The minimum Gasteiger partial charge on any atom is -0.315 e. The number of carbonyl (C=O) groups excluding carboxylic acids is 1. The zero-order valence-corrected chi connectivity index (χ0v) is 21.8. The van der Waals surface area contributed by atoms with Crippen molar-refractivity contribution in [2.45, 2.75) is 13.5 Å². The van der Waals surface area contributed by atoms with Gasteiger partial charge >= 0.3 is 6.03 Å². The Morgan fingerprint density at radius 3 is 2.45 bits per heavy atom. The van der Waals surface area contributed by atoms with Gasteiger partial charge in [-0.2, -0.15) is 5.10 Å². The number of amides is 2. The number of urea groups is 1. The summed E-state index contributed by atoms with van der Waals surface area (Å²) in [5.74, 6) is 0.492. The molecule has 13 nitrogen and oxygen atoms in total. The standard InChI is InChI=1S/C26H21N9O4S/c1-16-28-21-10-6-5-9-20(21)24(36)34(16)27-15-22-30-33-26(40-22)29-25(37)32-31-23(17-7-3-2-4-8-17)18-11-13-19(14-12-18)35(38)39/h2-14,27H,15H2,1H3,(H2,29,32,33,37)/b31-23-. The van der Waals surface area contributed by atoms with E-state index < -0.39 is 11.0 Å². The minimum atomic E-state index is -0.656.